The lowest BCUT2D eigenvalue weighted by Crippen LogP contribution is -2.56. The molecule has 0 spiro atoms. The molecule has 1 aliphatic rings. The van der Waals surface area contributed by atoms with E-state index in [0.29, 0.717) is 6.04 Å². The minimum absolute atomic E-state index is 0.237. The molecule has 1 aliphatic heterocycles. The molecule has 1 fully saturated rings. The van der Waals surface area contributed by atoms with E-state index in [1.54, 1.807) is 0 Å². The van der Waals surface area contributed by atoms with Gasteiger partial charge in [-0.3, -0.25) is 4.90 Å². The molecule has 0 amide bonds. The van der Waals surface area contributed by atoms with Crippen LogP contribution in [-0.2, 0) is 0 Å². The Bertz CT molecular complexity index is 211. The standard InChI is InChI=1S/C16H34N2/c1-4-6-7-8-9-12-15(17)16(3,5-2)18-13-10-11-14-18/h15H,4-14,17H2,1-3H3. The molecule has 2 N–H and O–H groups in total. The predicted molar refractivity (Wildman–Crippen MR) is 80.9 cm³/mol. The van der Waals surface area contributed by atoms with Crippen molar-refractivity contribution in [3.05, 3.63) is 0 Å². The van der Waals surface area contributed by atoms with E-state index in [0.717, 1.165) is 0 Å². The maximum Gasteiger partial charge on any atom is 0.0329 e. The summed E-state index contributed by atoms with van der Waals surface area (Å²) in [6.07, 6.45) is 11.9. The predicted octanol–water partition coefficient (Wildman–Crippen LogP) is 3.94. The Morgan fingerprint density at radius 3 is 2.22 bits per heavy atom. The Labute approximate surface area is 114 Å². The van der Waals surface area contributed by atoms with Gasteiger partial charge >= 0.3 is 0 Å². The molecule has 1 saturated heterocycles. The van der Waals surface area contributed by atoms with Crippen LogP contribution in [0, 0.1) is 0 Å². The molecule has 0 aromatic rings. The van der Waals surface area contributed by atoms with Gasteiger partial charge in [0.05, 0.1) is 0 Å². The zero-order valence-electron chi connectivity index (χ0n) is 12.9. The van der Waals surface area contributed by atoms with Crippen LogP contribution in [-0.4, -0.2) is 29.6 Å². The second-order valence-electron chi connectivity index (χ2n) is 6.21. The van der Waals surface area contributed by atoms with Crippen LogP contribution in [0.4, 0.5) is 0 Å². The lowest BCUT2D eigenvalue weighted by Gasteiger charge is -2.43. The van der Waals surface area contributed by atoms with Crippen molar-refractivity contribution in [2.24, 2.45) is 5.73 Å². The van der Waals surface area contributed by atoms with E-state index in [-0.39, 0.29) is 5.54 Å². The molecule has 0 radical (unpaired) electrons. The SMILES string of the molecule is CCCCCCCC(N)C(C)(CC)N1CCCC1. The van der Waals surface area contributed by atoms with Crippen LogP contribution < -0.4 is 5.73 Å². The van der Waals surface area contributed by atoms with E-state index in [1.165, 1.54) is 70.9 Å². The van der Waals surface area contributed by atoms with E-state index in [1.807, 2.05) is 0 Å². The molecule has 0 aromatic heterocycles. The first kappa shape index (κ1) is 16.0. The lowest BCUT2D eigenvalue weighted by atomic mass is 9.85. The van der Waals surface area contributed by atoms with Gasteiger partial charge < -0.3 is 5.73 Å². The molecular formula is C16H34N2. The van der Waals surface area contributed by atoms with Crippen molar-refractivity contribution in [1.82, 2.24) is 4.90 Å². The molecule has 2 nitrogen and oxygen atoms in total. The van der Waals surface area contributed by atoms with Crippen LogP contribution in [0.3, 0.4) is 0 Å². The third-order valence-electron chi connectivity index (χ3n) is 4.96. The van der Waals surface area contributed by atoms with Crippen molar-refractivity contribution in [3.63, 3.8) is 0 Å². The molecule has 0 bridgehead atoms. The Balaban J connectivity index is 2.33. The molecule has 2 heteroatoms. The van der Waals surface area contributed by atoms with Gasteiger partial charge in [0.2, 0.25) is 0 Å². The maximum absolute atomic E-state index is 6.52. The third kappa shape index (κ3) is 4.24. The number of rotatable bonds is 9. The number of unbranched alkanes of at least 4 members (excludes halogenated alkanes) is 4. The Hall–Kier alpha value is -0.0800. The van der Waals surface area contributed by atoms with Crippen molar-refractivity contribution in [3.8, 4) is 0 Å². The van der Waals surface area contributed by atoms with Crippen LogP contribution in [0.1, 0.15) is 78.6 Å². The molecule has 0 aliphatic carbocycles. The monoisotopic (exact) mass is 254 g/mol. The van der Waals surface area contributed by atoms with Crippen molar-refractivity contribution < 1.29 is 0 Å². The molecule has 1 heterocycles. The highest BCUT2D eigenvalue weighted by Crippen LogP contribution is 2.29. The number of nitrogens with zero attached hydrogens (tertiary/aromatic N) is 1. The van der Waals surface area contributed by atoms with Crippen LogP contribution in [0.2, 0.25) is 0 Å². The number of likely N-dealkylation sites (tertiary alicyclic amines) is 1. The lowest BCUT2D eigenvalue weighted by molar-refractivity contribution is 0.0953. The fourth-order valence-electron chi connectivity index (χ4n) is 3.23. The van der Waals surface area contributed by atoms with E-state index in [9.17, 15) is 0 Å². The summed E-state index contributed by atoms with van der Waals surface area (Å²) >= 11 is 0. The highest BCUT2D eigenvalue weighted by molar-refractivity contribution is 4.96. The quantitative estimate of drug-likeness (QED) is 0.632. The first-order chi connectivity index (χ1) is 8.65. The highest BCUT2D eigenvalue weighted by atomic mass is 15.2. The van der Waals surface area contributed by atoms with Gasteiger partial charge in [-0.1, -0.05) is 46.0 Å². The van der Waals surface area contributed by atoms with Crippen molar-refractivity contribution >= 4 is 0 Å². The van der Waals surface area contributed by atoms with Gasteiger partial charge in [0, 0.05) is 11.6 Å². The van der Waals surface area contributed by atoms with Crippen LogP contribution >= 0.6 is 0 Å². The van der Waals surface area contributed by atoms with Gasteiger partial charge in [-0.25, -0.2) is 0 Å². The molecule has 108 valence electrons. The van der Waals surface area contributed by atoms with Gasteiger partial charge in [0.15, 0.2) is 0 Å². The zero-order chi connectivity index (χ0) is 13.4. The van der Waals surface area contributed by atoms with Crippen molar-refractivity contribution in [2.45, 2.75) is 90.1 Å². The molecule has 18 heavy (non-hydrogen) atoms. The second kappa shape index (κ2) is 8.16. The van der Waals surface area contributed by atoms with E-state index in [4.69, 9.17) is 5.73 Å². The topological polar surface area (TPSA) is 29.3 Å². The number of hydrogen-bond donors (Lipinski definition) is 1. The van der Waals surface area contributed by atoms with Crippen LogP contribution in [0.15, 0.2) is 0 Å². The van der Waals surface area contributed by atoms with Gasteiger partial charge in [-0.15, -0.1) is 0 Å². The summed E-state index contributed by atoms with van der Waals surface area (Å²) in [5.41, 5.74) is 6.75. The highest BCUT2D eigenvalue weighted by Gasteiger charge is 2.36. The summed E-state index contributed by atoms with van der Waals surface area (Å²) in [7, 11) is 0. The zero-order valence-corrected chi connectivity index (χ0v) is 12.9. The fraction of sp³-hybridized carbons (Fsp3) is 1.00. The fourth-order valence-corrected chi connectivity index (χ4v) is 3.23. The van der Waals surface area contributed by atoms with Crippen LogP contribution in [0.5, 0.6) is 0 Å². The molecule has 0 aromatic carbocycles. The summed E-state index contributed by atoms with van der Waals surface area (Å²) in [5, 5.41) is 0. The largest absolute Gasteiger partial charge is 0.326 e. The Morgan fingerprint density at radius 1 is 1.06 bits per heavy atom. The summed E-state index contributed by atoms with van der Waals surface area (Å²) < 4.78 is 0. The van der Waals surface area contributed by atoms with E-state index < -0.39 is 0 Å². The van der Waals surface area contributed by atoms with E-state index >= 15 is 0 Å². The van der Waals surface area contributed by atoms with Gasteiger partial charge in [-0.2, -0.15) is 0 Å². The van der Waals surface area contributed by atoms with Crippen LogP contribution in [0.25, 0.3) is 0 Å². The van der Waals surface area contributed by atoms with Crippen molar-refractivity contribution in [2.75, 3.05) is 13.1 Å². The molecule has 0 saturated carbocycles. The minimum Gasteiger partial charge on any atom is -0.326 e. The first-order valence-electron chi connectivity index (χ1n) is 8.15. The van der Waals surface area contributed by atoms with Gasteiger partial charge in [0.25, 0.3) is 0 Å². The number of nitrogens with two attached hydrogens (primary N) is 1. The van der Waals surface area contributed by atoms with Crippen molar-refractivity contribution in [1.29, 1.82) is 0 Å². The summed E-state index contributed by atoms with van der Waals surface area (Å²) in [5.74, 6) is 0. The van der Waals surface area contributed by atoms with E-state index in [2.05, 4.69) is 25.7 Å². The summed E-state index contributed by atoms with van der Waals surface area (Å²) in [4.78, 5) is 2.64. The molecule has 1 rings (SSSR count). The third-order valence-corrected chi connectivity index (χ3v) is 4.96. The molecular weight excluding hydrogens is 220 g/mol. The Kier molecular flexibility index (Phi) is 7.25. The second-order valence-corrected chi connectivity index (χ2v) is 6.21. The maximum atomic E-state index is 6.52. The number of hydrogen-bond acceptors (Lipinski definition) is 2. The normalized spacial score (nSPS) is 22.0. The molecule has 2 unspecified atom stereocenters. The smallest absolute Gasteiger partial charge is 0.0329 e. The van der Waals surface area contributed by atoms with Gasteiger partial charge in [-0.05, 0) is 45.7 Å². The summed E-state index contributed by atoms with van der Waals surface area (Å²) in [6, 6.07) is 0.349. The molecule has 2 atom stereocenters. The minimum atomic E-state index is 0.237. The summed E-state index contributed by atoms with van der Waals surface area (Å²) in [6.45, 7) is 9.47. The Morgan fingerprint density at radius 2 is 1.67 bits per heavy atom. The average molecular weight is 254 g/mol. The van der Waals surface area contributed by atoms with Gasteiger partial charge in [0.1, 0.15) is 0 Å². The average Bonchev–Trinajstić information content (AvgIpc) is 2.91. The first-order valence-corrected chi connectivity index (χ1v) is 8.15.